The summed E-state index contributed by atoms with van der Waals surface area (Å²) >= 11 is 0. The van der Waals surface area contributed by atoms with E-state index in [9.17, 15) is 9.90 Å². The third-order valence-corrected chi connectivity index (χ3v) is 3.71. The molecule has 0 spiro atoms. The number of unbranched alkanes of at least 4 members (excludes halogenated alkanes) is 9. The molecule has 0 saturated carbocycles. The van der Waals surface area contributed by atoms with Crippen LogP contribution >= 0.6 is 0 Å². The second-order valence-electron chi connectivity index (χ2n) is 5.96. The molecule has 1 atom stereocenters. The number of carbonyl (C=O) groups is 1. The summed E-state index contributed by atoms with van der Waals surface area (Å²) in [6.45, 7) is 7.31. The van der Waals surface area contributed by atoms with Gasteiger partial charge >= 0.3 is 5.97 Å². The standard InChI is InChI=1S/C18H34O3/c1-4-5-6-7-8-9-10-11-12-13-14-17(15-19)21-18(20)16(2)3/h17,19H,2,4-15H2,1,3H3. The maximum absolute atomic E-state index is 11.4. The van der Waals surface area contributed by atoms with Crippen LogP contribution in [0.3, 0.4) is 0 Å². The topological polar surface area (TPSA) is 46.5 Å². The predicted molar refractivity (Wildman–Crippen MR) is 88.2 cm³/mol. The van der Waals surface area contributed by atoms with E-state index >= 15 is 0 Å². The van der Waals surface area contributed by atoms with Crippen LogP contribution in [0.1, 0.15) is 84.5 Å². The molecule has 0 rings (SSSR count). The molecule has 0 amide bonds. The lowest BCUT2D eigenvalue weighted by Gasteiger charge is -2.15. The van der Waals surface area contributed by atoms with Crippen molar-refractivity contribution in [2.45, 2.75) is 90.6 Å². The molecule has 0 aliphatic carbocycles. The Bertz CT molecular complexity index is 274. The van der Waals surface area contributed by atoms with Crippen molar-refractivity contribution in [1.29, 1.82) is 0 Å². The first-order chi connectivity index (χ1) is 10.1. The number of aliphatic hydroxyl groups excluding tert-OH is 1. The van der Waals surface area contributed by atoms with Crippen molar-refractivity contribution in [3.05, 3.63) is 12.2 Å². The number of rotatable bonds is 14. The van der Waals surface area contributed by atoms with E-state index in [1.54, 1.807) is 6.92 Å². The Kier molecular flexibility index (Phi) is 13.6. The summed E-state index contributed by atoms with van der Waals surface area (Å²) in [5.74, 6) is -0.402. The zero-order valence-electron chi connectivity index (χ0n) is 14.0. The Labute approximate surface area is 130 Å². The number of hydrogen-bond acceptors (Lipinski definition) is 3. The van der Waals surface area contributed by atoms with Crippen molar-refractivity contribution in [2.75, 3.05) is 6.61 Å². The third kappa shape index (κ3) is 12.6. The zero-order valence-corrected chi connectivity index (χ0v) is 14.0. The molecule has 124 valence electrons. The summed E-state index contributed by atoms with van der Waals surface area (Å²) in [5, 5.41) is 9.19. The minimum atomic E-state index is -0.402. The van der Waals surface area contributed by atoms with Gasteiger partial charge in [-0.3, -0.25) is 0 Å². The van der Waals surface area contributed by atoms with Crippen LogP contribution in [-0.2, 0) is 9.53 Å². The second-order valence-corrected chi connectivity index (χ2v) is 5.96. The van der Waals surface area contributed by atoms with Crippen LogP contribution in [0.2, 0.25) is 0 Å². The van der Waals surface area contributed by atoms with Crippen LogP contribution < -0.4 is 0 Å². The fourth-order valence-corrected chi connectivity index (χ4v) is 2.30. The summed E-state index contributed by atoms with van der Waals surface area (Å²) in [6, 6.07) is 0. The van der Waals surface area contributed by atoms with Gasteiger partial charge in [0.2, 0.25) is 0 Å². The number of carbonyl (C=O) groups excluding carboxylic acids is 1. The van der Waals surface area contributed by atoms with Gasteiger partial charge in [0.05, 0.1) is 6.61 Å². The molecule has 1 N–H and O–H groups in total. The van der Waals surface area contributed by atoms with Gasteiger partial charge in [0.1, 0.15) is 6.10 Å². The van der Waals surface area contributed by atoms with Gasteiger partial charge in [-0.05, 0) is 19.8 Å². The van der Waals surface area contributed by atoms with E-state index in [1.807, 2.05) is 0 Å². The van der Waals surface area contributed by atoms with Gasteiger partial charge < -0.3 is 9.84 Å². The summed E-state index contributed by atoms with van der Waals surface area (Å²) < 4.78 is 5.16. The fourth-order valence-electron chi connectivity index (χ4n) is 2.30. The van der Waals surface area contributed by atoms with E-state index in [-0.39, 0.29) is 12.7 Å². The van der Waals surface area contributed by atoms with Crippen LogP contribution in [0.5, 0.6) is 0 Å². The lowest BCUT2D eigenvalue weighted by molar-refractivity contribution is -0.146. The maximum atomic E-state index is 11.4. The van der Waals surface area contributed by atoms with Crippen LogP contribution in [0.25, 0.3) is 0 Å². The van der Waals surface area contributed by atoms with Gasteiger partial charge in [-0.2, -0.15) is 0 Å². The normalized spacial score (nSPS) is 12.1. The molecule has 3 heteroatoms. The van der Waals surface area contributed by atoms with Crippen molar-refractivity contribution in [2.24, 2.45) is 0 Å². The second kappa shape index (κ2) is 14.1. The average molecular weight is 298 g/mol. The Morgan fingerprint density at radius 3 is 1.90 bits per heavy atom. The summed E-state index contributed by atoms with van der Waals surface area (Å²) in [6.07, 6.45) is 13.2. The first-order valence-electron chi connectivity index (χ1n) is 8.59. The third-order valence-electron chi connectivity index (χ3n) is 3.71. The Balaban J connectivity index is 3.43. The van der Waals surface area contributed by atoms with E-state index in [2.05, 4.69) is 13.5 Å². The number of hydrogen-bond donors (Lipinski definition) is 1. The highest BCUT2D eigenvalue weighted by atomic mass is 16.6. The quantitative estimate of drug-likeness (QED) is 0.285. The van der Waals surface area contributed by atoms with Crippen molar-refractivity contribution in [1.82, 2.24) is 0 Å². The van der Waals surface area contributed by atoms with Crippen LogP contribution in [0.4, 0.5) is 0 Å². The van der Waals surface area contributed by atoms with Crippen LogP contribution in [0, 0.1) is 0 Å². The lowest BCUT2D eigenvalue weighted by Crippen LogP contribution is -2.22. The molecule has 0 radical (unpaired) electrons. The largest absolute Gasteiger partial charge is 0.457 e. The van der Waals surface area contributed by atoms with E-state index in [0.717, 1.165) is 19.3 Å². The highest BCUT2D eigenvalue weighted by Gasteiger charge is 2.13. The number of ether oxygens (including phenoxy) is 1. The Morgan fingerprint density at radius 2 is 1.48 bits per heavy atom. The predicted octanol–water partition coefficient (Wildman–Crippen LogP) is 4.78. The molecule has 0 bridgehead atoms. The van der Waals surface area contributed by atoms with Gasteiger partial charge in [-0.15, -0.1) is 0 Å². The van der Waals surface area contributed by atoms with E-state index in [1.165, 1.54) is 51.4 Å². The van der Waals surface area contributed by atoms with Gasteiger partial charge in [-0.25, -0.2) is 4.79 Å². The minimum absolute atomic E-state index is 0.101. The lowest BCUT2D eigenvalue weighted by atomic mass is 10.0. The van der Waals surface area contributed by atoms with Crippen molar-refractivity contribution in [3.63, 3.8) is 0 Å². The number of esters is 1. The molecule has 21 heavy (non-hydrogen) atoms. The highest BCUT2D eigenvalue weighted by molar-refractivity contribution is 5.87. The molecule has 0 fully saturated rings. The van der Waals surface area contributed by atoms with Crippen molar-refractivity contribution in [3.8, 4) is 0 Å². The van der Waals surface area contributed by atoms with E-state index in [0.29, 0.717) is 5.57 Å². The molecular formula is C18H34O3. The monoisotopic (exact) mass is 298 g/mol. The molecule has 0 aromatic rings. The molecule has 0 saturated heterocycles. The molecule has 0 aromatic carbocycles. The van der Waals surface area contributed by atoms with Gasteiger partial charge in [0.25, 0.3) is 0 Å². The van der Waals surface area contributed by atoms with Crippen molar-refractivity contribution >= 4 is 5.97 Å². The molecule has 1 unspecified atom stereocenters. The van der Waals surface area contributed by atoms with Gasteiger partial charge in [-0.1, -0.05) is 71.3 Å². The van der Waals surface area contributed by atoms with E-state index < -0.39 is 5.97 Å². The van der Waals surface area contributed by atoms with Crippen molar-refractivity contribution < 1.29 is 14.6 Å². The molecule has 0 aliphatic heterocycles. The first-order valence-corrected chi connectivity index (χ1v) is 8.59. The molecule has 3 nitrogen and oxygen atoms in total. The molecule has 0 heterocycles. The average Bonchev–Trinajstić information content (AvgIpc) is 2.47. The first kappa shape index (κ1) is 20.2. The SMILES string of the molecule is C=C(C)C(=O)OC(CO)CCCCCCCCCCCC. The van der Waals surface area contributed by atoms with Crippen LogP contribution in [-0.4, -0.2) is 23.8 Å². The highest BCUT2D eigenvalue weighted by Crippen LogP contribution is 2.13. The Hall–Kier alpha value is -0.830. The van der Waals surface area contributed by atoms with Gasteiger partial charge in [0.15, 0.2) is 0 Å². The minimum Gasteiger partial charge on any atom is -0.457 e. The molecule has 0 aromatic heterocycles. The number of aliphatic hydroxyl groups is 1. The summed E-state index contributed by atoms with van der Waals surface area (Å²) in [4.78, 5) is 11.4. The van der Waals surface area contributed by atoms with Crippen LogP contribution in [0.15, 0.2) is 12.2 Å². The maximum Gasteiger partial charge on any atom is 0.333 e. The fraction of sp³-hybridized carbons (Fsp3) is 0.833. The van der Waals surface area contributed by atoms with Gasteiger partial charge in [0, 0.05) is 5.57 Å². The summed E-state index contributed by atoms with van der Waals surface area (Å²) in [7, 11) is 0. The zero-order chi connectivity index (χ0) is 15.9. The summed E-state index contributed by atoms with van der Waals surface area (Å²) in [5.41, 5.74) is 0.386. The smallest absolute Gasteiger partial charge is 0.333 e. The molecular weight excluding hydrogens is 264 g/mol. The van der Waals surface area contributed by atoms with E-state index in [4.69, 9.17) is 4.74 Å². The Morgan fingerprint density at radius 1 is 1.00 bits per heavy atom. The molecule has 0 aliphatic rings.